The van der Waals surface area contributed by atoms with Gasteiger partial charge in [0.25, 0.3) is 0 Å². The molecule has 3 saturated heterocycles. The summed E-state index contributed by atoms with van der Waals surface area (Å²) in [6.07, 6.45) is 12.8. The lowest BCUT2D eigenvalue weighted by Gasteiger charge is -2.41. The minimum atomic E-state index is -3.25. The Morgan fingerprint density at radius 3 is 2.33 bits per heavy atom. The van der Waals surface area contributed by atoms with Gasteiger partial charge in [-0.05, 0) is 87.1 Å². The van der Waals surface area contributed by atoms with Crippen molar-refractivity contribution in [3.8, 4) is 0 Å². The third kappa shape index (κ3) is 5.85. The lowest BCUT2D eigenvalue weighted by Crippen LogP contribution is -2.45. The average Bonchev–Trinajstić information content (AvgIpc) is 3.48. The molecule has 2 aromatic rings. The lowest BCUT2D eigenvalue weighted by molar-refractivity contribution is 0.0977. The maximum absolute atomic E-state index is 14.3. The molecule has 1 amide bonds. The van der Waals surface area contributed by atoms with E-state index in [-0.39, 0.29) is 11.8 Å². The highest BCUT2D eigenvalue weighted by molar-refractivity contribution is 7.88. The summed E-state index contributed by atoms with van der Waals surface area (Å²) in [6, 6.07) is 4.97. The number of carbonyl (C=O) groups excluding carboxylic acids is 1. The SMILES string of the molecule is COC(=O)N1C=Cc2c(ncn2C2C[C@H]3CC[C@@H](C2)N3CC[C@@H](c2cc(F)cc(F)c2)C2CCN(S(C)(=O)=O)CC2)C1. The van der Waals surface area contributed by atoms with Crippen LogP contribution in [-0.4, -0.2) is 83.3 Å². The van der Waals surface area contributed by atoms with Crippen LogP contribution in [0.5, 0.6) is 0 Å². The average molecular weight is 604 g/mol. The van der Waals surface area contributed by atoms with Crippen molar-refractivity contribution in [2.24, 2.45) is 5.92 Å². The third-order valence-electron chi connectivity index (χ3n) is 9.85. The number of piperidine rings is 2. The number of amides is 1. The van der Waals surface area contributed by atoms with Crippen molar-refractivity contribution in [1.82, 2.24) is 23.7 Å². The highest BCUT2D eigenvalue weighted by Gasteiger charge is 2.42. The molecule has 4 aliphatic heterocycles. The van der Waals surface area contributed by atoms with Gasteiger partial charge in [-0.2, -0.15) is 0 Å². The van der Waals surface area contributed by atoms with Gasteiger partial charge in [0.15, 0.2) is 0 Å². The van der Waals surface area contributed by atoms with Crippen molar-refractivity contribution in [1.29, 1.82) is 0 Å². The second-order valence-corrected chi connectivity index (χ2v) is 14.2. The van der Waals surface area contributed by atoms with E-state index in [1.165, 1.54) is 34.7 Å². The molecule has 0 N–H and O–H groups in total. The van der Waals surface area contributed by atoms with E-state index in [2.05, 4.69) is 14.5 Å². The van der Waals surface area contributed by atoms with Crippen LogP contribution in [0.3, 0.4) is 0 Å². The third-order valence-corrected chi connectivity index (χ3v) is 11.2. The van der Waals surface area contributed by atoms with E-state index < -0.39 is 27.8 Å². The van der Waals surface area contributed by atoms with E-state index in [0.717, 1.165) is 56.1 Å². The summed E-state index contributed by atoms with van der Waals surface area (Å²) in [5, 5.41) is 0. The van der Waals surface area contributed by atoms with Crippen LogP contribution in [0.4, 0.5) is 13.6 Å². The number of rotatable bonds is 7. The van der Waals surface area contributed by atoms with Crippen LogP contribution in [0, 0.1) is 17.6 Å². The van der Waals surface area contributed by atoms with E-state index in [1.54, 1.807) is 6.20 Å². The number of hydrogen-bond acceptors (Lipinski definition) is 6. The fourth-order valence-corrected chi connectivity index (χ4v) is 8.70. The molecule has 1 aromatic heterocycles. The molecule has 0 radical (unpaired) electrons. The summed E-state index contributed by atoms with van der Waals surface area (Å²) in [4.78, 5) is 20.7. The largest absolute Gasteiger partial charge is 0.452 e. The fraction of sp³-hybridized carbons (Fsp3) is 0.600. The molecule has 4 aliphatic rings. The number of halogens is 2. The van der Waals surface area contributed by atoms with Crippen LogP contribution >= 0.6 is 0 Å². The van der Waals surface area contributed by atoms with Gasteiger partial charge in [0, 0.05) is 43.5 Å². The van der Waals surface area contributed by atoms with E-state index in [0.29, 0.717) is 56.2 Å². The zero-order chi connectivity index (χ0) is 29.6. The van der Waals surface area contributed by atoms with E-state index in [4.69, 9.17) is 4.74 Å². The summed E-state index contributed by atoms with van der Waals surface area (Å²) in [7, 11) is -1.89. The molecule has 228 valence electrons. The summed E-state index contributed by atoms with van der Waals surface area (Å²) < 4.78 is 61.4. The number of hydrogen-bond donors (Lipinski definition) is 0. The van der Waals surface area contributed by atoms with Gasteiger partial charge < -0.3 is 9.30 Å². The van der Waals surface area contributed by atoms with Gasteiger partial charge in [-0.1, -0.05) is 0 Å². The molecule has 0 saturated carbocycles. The Bertz CT molecular complexity index is 1420. The fourth-order valence-electron chi connectivity index (χ4n) is 7.82. The maximum Gasteiger partial charge on any atom is 0.413 e. The van der Waals surface area contributed by atoms with Crippen molar-refractivity contribution < 1.29 is 26.7 Å². The first-order valence-electron chi connectivity index (χ1n) is 14.9. The molecule has 42 heavy (non-hydrogen) atoms. The zero-order valence-corrected chi connectivity index (χ0v) is 25.0. The maximum atomic E-state index is 14.3. The quantitative estimate of drug-likeness (QED) is 0.455. The molecule has 6 rings (SSSR count). The Morgan fingerprint density at radius 1 is 1.05 bits per heavy atom. The number of benzene rings is 1. The molecule has 2 bridgehead atoms. The monoisotopic (exact) mass is 603 g/mol. The number of ether oxygens (including phenoxy) is 1. The molecule has 3 fully saturated rings. The van der Waals surface area contributed by atoms with E-state index >= 15 is 0 Å². The predicted molar refractivity (Wildman–Crippen MR) is 154 cm³/mol. The number of carbonyl (C=O) groups is 1. The number of aromatic nitrogens is 2. The van der Waals surface area contributed by atoms with Crippen LogP contribution in [0.25, 0.3) is 6.08 Å². The number of methoxy groups -OCH3 is 1. The molecular formula is C30H39F2N5O4S. The Kier molecular flexibility index (Phi) is 8.14. The van der Waals surface area contributed by atoms with Gasteiger partial charge in [-0.15, -0.1) is 0 Å². The van der Waals surface area contributed by atoms with Crippen LogP contribution in [0.1, 0.15) is 73.9 Å². The van der Waals surface area contributed by atoms with Gasteiger partial charge in [0.1, 0.15) is 11.6 Å². The molecular weight excluding hydrogens is 564 g/mol. The van der Waals surface area contributed by atoms with Crippen LogP contribution in [0.15, 0.2) is 30.7 Å². The summed E-state index contributed by atoms with van der Waals surface area (Å²) in [5.74, 6) is -1.03. The molecule has 1 aromatic carbocycles. The van der Waals surface area contributed by atoms with Gasteiger partial charge >= 0.3 is 6.09 Å². The van der Waals surface area contributed by atoms with E-state index in [9.17, 15) is 22.0 Å². The van der Waals surface area contributed by atoms with Crippen LogP contribution in [0.2, 0.25) is 0 Å². The van der Waals surface area contributed by atoms with Gasteiger partial charge in [0.2, 0.25) is 10.0 Å². The van der Waals surface area contributed by atoms with Crippen molar-refractivity contribution in [2.45, 2.75) is 75.5 Å². The summed E-state index contributed by atoms with van der Waals surface area (Å²) in [6.45, 7) is 2.11. The molecule has 12 heteroatoms. The topological polar surface area (TPSA) is 88.0 Å². The van der Waals surface area contributed by atoms with E-state index in [1.807, 2.05) is 12.4 Å². The normalized spacial score (nSPS) is 25.9. The Balaban J connectivity index is 1.14. The standard InChI is InChI=1S/C30H39F2N5O4S/c1-41-30(38)34-9-8-29-28(18-34)33-19-37(29)26-16-24-3-4-25(17-26)36(24)12-7-27(21-13-22(31)15-23(32)14-21)20-5-10-35(11-6-20)42(2,39)40/h8-9,13-15,19-20,24-27H,3-7,10-12,16-18H2,1-2H3/t24-,25+,26?,27-/m1/s1. The lowest BCUT2D eigenvalue weighted by atomic mass is 9.78. The first-order valence-corrected chi connectivity index (χ1v) is 16.7. The molecule has 0 aliphatic carbocycles. The summed E-state index contributed by atoms with van der Waals surface area (Å²) in [5.41, 5.74) is 2.58. The first kappa shape index (κ1) is 29.3. The van der Waals surface area contributed by atoms with Crippen molar-refractivity contribution in [2.75, 3.05) is 33.0 Å². The molecule has 1 unspecified atom stereocenters. The number of imidazole rings is 1. The van der Waals surface area contributed by atoms with Crippen molar-refractivity contribution in [3.05, 3.63) is 59.3 Å². The number of fused-ring (bicyclic) bond motifs is 3. The minimum Gasteiger partial charge on any atom is -0.452 e. The Hall–Kier alpha value is -2.83. The molecule has 0 spiro atoms. The molecule has 9 nitrogen and oxygen atoms in total. The predicted octanol–water partition coefficient (Wildman–Crippen LogP) is 4.73. The first-order chi connectivity index (χ1) is 20.1. The highest BCUT2D eigenvalue weighted by Crippen LogP contribution is 2.44. The Morgan fingerprint density at radius 2 is 1.71 bits per heavy atom. The highest BCUT2D eigenvalue weighted by atomic mass is 32.2. The number of sulfonamides is 1. The second-order valence-electron chi connectivity index (χ2n) is 12.2. The van der Waals surface area contributed by atoms with Crippen molar-refractivity contribution >= 4 is 22.2 Å². The minimum absolute atomic E-state index is 0.0439. The smallest absolute Gasteiger partial charge is 0.413 e. The van der Waals surface area contributed by atoms with Crippen molar-refractivity contribution in [3.63, 3.8) is 0 Å². The molecule has 5 heterocycles. The zero-order valence-electron chi connectivity index (χ0n) is 24.2. The van der Waals surface area contributed by atoms with Crippen LogP contribution in [-0.2, 0) is 21.3 Å². The van der Waals surface area contributed by atoms with Gasteiger partial charge in [0.05, 0.1) is 37.6 Å². The Labute approximate surface area is 246 Å². The summed E-state index contributed by atoms with van der Waals surface area (Å²) >= 11 is 0. The van der Waals surface area contributed by atoms with Gasteiger partial charge in [-0.3, -0.25) is 9.80 Å². The van der Waals surface area contributed by atoms with Gasteiger partial charge in [-0.25, -0.2) is 31.3 Å². The van der Waals surface area contributed by atoms with Crippen LogP contribution < -0.4 is 0 Å². The molecule has 4 atom stereocenters. The number of nitrogens with zero attached hydrogens (tertiary/aromatic N) is 5. The second kappa shape index (κ2) is 11.7.